The van der Waals surface area contributed by atoms with E-state index >= 15 is 0 Å². The molecule has 4 heteroatoms. The Morgan fingerprint density at radius 2 is 2.24 bits per heavy atom. The molecule has 2 N–H and O–H groups in total. The van der Waals surface area contributed by atoms with E-state index in [1.54, 1.807) is 0 Å². The molecule has 0 bridgehead atoms. The summed E-state index contributed by atoms with van der Waals surface area (Å²) in [6.07, 6.45) is 4.03. The van der Waals surface area contributed by atoms with Crippen molar-refractivity contribution in [3.63, 3.8) is 0 Å². The van der Waals surface area contributed by atoms with E-state index in [0.29, 0.717) is 0 Å². The van der Waals surface area contributed by atoms with Gasteiger partial charge in [0.25, 0.3) is 0 Å². The molecule has 2 aromatic rings. The molecule has 1 heterocycles. The van der Waals surface area contributed by atoms with Crippen LogP contribution in [0, 0.1) is 6.92 Å². The summed E-state index contributed by atoms with van der Waals surface area (Å²) in [4.78, 5) is 1.28. The monoisotopic (exact) mass is 247 g/mol. The first-order valence-electron chi connectivity index (χ1n) is 5.69. The molecule has 0 unspecified atom stereocenters. The fourth-order valence-corrected chi connectivity index (χ4v) is 2.57. The van der Waals surface area contributed by atoms with Crippen LogP contribution in [0.25, 0.3) is 0 Å². The van der Waals surface area contributed by atoms with Crippen molar-refractivity contribution in [2.45, 2.75) is 31.0 Å². The molecule has 0 saturated carbocycles. The number of nitrogen functional groups attached to an aromatic ring is 1. The van der Waals surface area contributed by atoms with Gasteiger partial charge in [-0.2, -0.15) is 5.10 Å². The zero-order valence-corrected chi connectivity index (χ0v) is 11.0. The van der Waals surface area contributed by atoms with Gasteiger partial charge in [-0.25, -0.2) is 0 Å². The van der Waals surface area contributed by atoms with Crippen LogP contribution in [0.3, 0.4) is 0 Å². The van der Waals surface area contributed by atoms with E-state index in [0.717, 1.165) is 18.0 Å². The molecule has 3 nitrogen and oxygen atoms in total. The molecule has 0 aliphatic rings. The van der Waals surface area contributed by atoms with Gasteiger partial charge in [-0.1, -0.05) is 0 Å². The van der Waals surface area contributed by atoms with E-state index < -0.39 is 0 Å². The minimum atomic E-state index is 0.825. The first-order valence-corrected chi connectivity index (χ1v) is 6.68. The van der Waals surface area contributed by atoms with Gasteiger partial charge in [-0.05, 0) is 37.6 Å². The molecule has 0 radical (unpaired) electrons. The Morgan fingerprint density at radius 3 is 2.88 bits per heavy atom. The zero-order chi connectivity index (χ0) is 12.3. The third-order valence-electron chi connectivity index (χ3n) is 2.60. The number of benzene rings is 1. The summed E-state index contributed by atoms with van der Waals surface area (Å²) in [7, 11) is 0. The minimum absolute atomic E-state index is 0.825. The fraction of sp³-hybridized carbons (Fsp3) is 0.308. The van der Waals surface area contributed by atoms with Gasteiger partial charge in [0.05, 0.1) is 6.20 Å². The van der Waals surface area contributed by atoms with Crippen LogP contribution in [0.15, 0.2) is 35.5 Å². The van der Waals surface area contributed by atoms with Crippen molar-refractivity contribution in [1.29, 1.82) is 0 Å². The van der Waals surface area contributed by atoms with Crippen LogP contribution in [-0.2, 0) is 12.3 Å². The highest BCUT2D eigenvalue weighted by Crippen LogP contribution is 2.27. The molecule has 0 spiro atoms. The Balaban J connectivity index is 2.02. The van der Waals surface area contributed by atoms with E-state index in [1.165, 1.54) is 16.0 Å². The summed E-state index contributed by atoms with van der Waals surface area (Å²) in [6.45, 7) is 5.10. The largest absolute Gasteiger partial charge is 0.399 e. The van der Waals surface area contributed by atoms with Gasteiger partial charge >= 0.3 is 0 Å². The maximum absolute atomic E-state index is 5.73. The van der Waals surface area contributed by atoms with Gasteiger partial charge in [0.1, 0.15) is 0 Å². The minimum Gasteiger partial charge on any atom is -0.399 e. The Labute approximate surface area is 106 Å². The van der Waals surface area contributed by atoms with Gasteiger partial charge in [-0.3, -0.25) is 4.68 Å². The second-order valence-corrected chi connectivity index (χ2v) is 5.04. The molecular formula is C13H17N3S. The maximum Gasteiger partial charge on any atom is 0.0530 e. The first-order chi connectivity index (χ1) is 8.19. The summed E-state index contributed by atoms with van der Waals surface area (Å²) in [6, 6.07) is 6.04. The predicted octanol–water partition coefficient (Wildman–Crippen LogP) is 3.09. The zero-order valence-electron chi connectivity index (χ0n) is 10.2. The number of thioether (sulfide) groups is 1. The summed E-state index contributed by atoms with van der Waals surface area (Å²) in [5.41, 5.74) is 9.05. The lowest BCUT2D eigenvalue weighted by Crippen LogP contribution is -1.92. The van der Waals surface area contributed by atoms with Crippen molar-refractivity contribution in [3.8, 4) is 0 Å². The quantitative estimate of drug-likeness (QED) is 0.667. The molecule has 0 aliphatic heterocycles. The molecule has 90 valence electrons. The molecule has 1 aromatic carbocycles. The summed E-state index contributed by atoms with van der Waals surface area (Å²) < 4.78 is 1.95. The SMILES string of the molecule is CCn1cc(CSc2ccc(N)cc2C)cn1. The standard InChI is InChI=1S/C13H17N3S/c1-3-16-8-11(7-15-16)9-17-13-5-4-12(14)6-10(13)2/h4-8H,3,9,14H2,1-2H3. The lowest BCUT2D eigenvalue weighted by molar-refractivity contribution is 0.659. The number of nitrogens with two attached hydrogens (primary N) is 1. The highest BCUT2D eigenvalue weighted by Gasteiger charge is 2.02. The normalized spacial score (nSPS) is 10.7. The number of rotatable bonds is 4. The van der Waals surface area contributed by atoms with Gasteiger partial charge in [-0.15, -0.1) is 11.8 Å². The van der Waals surface area contributed by atoms with Crippen LogP contribution >= 0.6 is 11.8 Å². The molecule has 2 rings (SSSR count). The smallest absolute Gasteiger partial charge is 0.0530 e. The van der Waals surface area contributed by atoms with Crippen LogP contribution < -0.4 is 5.73 Å². The van der Waals surface area contributed by atoms with Crippen LogP contribution in [0.5, 0.6) is 0 Å². The molecule has 0 aliphatic carbocycles. The molecule has 17 heavy (non-hydrogen) atoms. The van der Waals surface area contributed by atoms with Crippen molar-refractivity contribution >= 4 is 17.4 Å². The molecule has 0 fully saturated rings. The lowest BCUT2D eigenvalue weighted by Gasteiger charge is -2.05. The van der Waals surface area contributed by atoms with E-state index in [2.05, 4.69) is 31.2 Å². The third kappa shape index (κ3) is 3.03. The molecule has 1 aromatic heterocycles. The van der Waals surface area contributed by atoms with Gasteiger partial charge in [0.15, 0.2) is 0 Å². The molecule has 0 saturated heterocycles. The van der Waals surface area contributed by atoms with E-state index in [-0.39, 0.29) is 0 Å². The Bertz CT molecular complexity index is 505. The van der Waals surface area contributed by atoms with Crippen LogP contribution in [0.1, 0.15) is 18.1 Å². The Hall–Kier alpha value is -1.42. The first kappa shape index (κ1) is 12.0. The maximum atomic E-state index is 5.73. The van der Waals surface area contributed by atoms with Gasteiger partial charge in [0.2, 0.25) is 0 Å². The van der Waals surface area contributed by atoms with Crippen LogP contribution in [0.2, 0.25) is 0 Å². The van der Waals surface area contributed by atoms with Gasteiger partial charge < -0.3 is 5.73 Å². The number of hydrogen-bond donors (Lipinski definition) is 1. The number of aryl methyl sites for hydroxylation is 2. The number of hydrogen-bond acceptors (Lipinski definition) is 3. The summed E-state index contributed by atoms with van der Waals surface area (Å²) >= 11 is 1.82. The van der Waals surface area contributed by atoms with Crippen molar-refractivity contribution in [1.82, 2.24) is 9.78 Å². The average molecular weight is 247 g/mol. The topological polar surface area (TPSA) is 43.8 Å². The highest BCUT2D eigenvalue weighted by atomic mass is 32.2. The van der Waals surface area contributed by atoms with Crippen molar-refractivity contribution in [3.05, 3.63) is 41.7 Å². The molecule has 0 amide bonds. The van der Waals surface area contributed by atoms with Crippen molar-refractivity contribution < 1.29 is 0 Å². The summed E-state index contributed by atoms with van der Waals surface area (Å²) in [5.74, 6) is 0.949. The van der Waals surface area contributed by atoms with E-state index in [4.69, 9.17) is 5.73 Å². The van der Waals surface area contributed by atoms with Crippen molar-refractivity contribution in [2.75, 3.05) is 5.73 Å². The summed E-state index contributed by atoms with van der Waals surface area (Å²) in [5, 5.41) is 4.27. The molecule has 0 atom stereocenters. The Kier molecular flexibility index (Phi) is 3.74. The third-order valence-corrected chi connectivity index (χ3v) is 3.85. The second-order valence-electron chi connectivity index (χ2n) is 4.02. The van der Waals surface area contributed by atoms with Crippen LogP contribution in [0.4, 0.5) is 5.69 Å². The fourth-order valence-electron chi connectivity index (χ4n) is 1.65. The molecular weight excluding hydrogens is 230 g/mol. The second kappa shape index (κ2) is 5.27. The number of nitrogens with zero attached hydrogens (tertiary/aromatic N) is 2. The predicted molar refractivity (Wildman–Crippen MR) is 73.1 cm³/mol. The lowest BCUT2D eigenvalue weighted by atomic mass is 10.2. The highest BCUT2D eigenvalue weighted by molar-refractivity contribution is 7.98. The Morgan fingerprint density at radius 1 is 1.41 bits per heavy atom. The number of aromatic nitrogens is 2. The van der Waals surface area contributed by atoms with Crippen molar-refractivity contribution in [2.24, 2.45) is 0 Å². The van der Waals surface area contributed by atoms with E-state index in [1.807, 2.05) is 34.8 Å². The van der Waals surface area contributed by atoms with Gasteiger partial charge in [0, 0.05) is 34.6 Å². The van der Waals surface area contributed by atoms with E-state index in [9.17, 15) is 0 Å². The number of anilines is 1. The van der Waals surface area contributed by atoms with Crippen LogP contribution in [-0.4, -0.2) is 9.78 Å². The average Bonchev–Trinajstić information content (AvgIpc) is 2.76.